The van der Waals surface area contributed by atoms with E-state index in [0.29, 0.717) is 26.0 Å². The van der Waals surface area contributed by atoms with Gasteiger partial charge in [0, 0.05) is 13.0 Å². The fourth-order valence-corrected chi connectivity index (χ4v) is 1.87. The molecule has 0 radical (unpaired) electrons. The maximum absolute atomic E-state index is 11.9. The predicted octanol–water partition coefficient (Wildman–Crippen LogP) is 1.95. The summed E-state index contributed by atoms with van der Waals surface area (Å²) < 4.78 is 5.35. The van der Waals surface area contributed by atoms with E-state index in [1.165, 1.54) is 4.90 Å². The van der Waals surface area contributed by atoms with Crippen LogP contribution in [0.1, 0.15) is 25.8 Å². The van der Waals surface area contributed by atoms with Crippen LogP contribution in [-0.2, 0) is 16.0 Å². The van der Waals surface area contributed by atoms with E-state index in [0.717, 1.165) is 11.3 Å². The first kappa shape index (κ1) is 16.0. The highest BCUT2D eigenvalue weighted by atomic mass is 16.5. The number of carbonyl (C=O) groups excluding carboxylic acids is 1. The number of hydrogen-bond donors (Lipinski definition) is 1. The van der Waals surface area contributed by atoms with Crippen LogP contribution in [0, 0.1) is 0 Å². The van der Waals surface area contributed by atoms with Gasteiger partial charge < -0.3 is 14.7 Å². The minimum Gasteiger partial charge on any atom is -0.494 e. The van der Waals surface area contributed by atoms with E-state index < -0.39 is 5.97 Å². The van der Waals surface area contributed by atoms with Crippen LogP contribution in [0.2, 0.25) is 0 Å². The summed E-state index contributed by atoms with van der Waals surface area (Å²) in [5.74, 6) is -0.311. The molecule has 5 heteroatoms. The Hall–Kier alpha value is -2.04. The molecule has 1 aromatic carbocycles. The van der Waals surface area contributed by atoms with Crippen molar-refractivity contribution in [3.8, 4) is 5.75 Å². The van der Waals surface area contributed by atoms with Crippen LogP contribution in [0.5, 0.6) is 5.75 Å². The second kappa shape index (κ2) is 8.19. The normalized spacial score (nSPS) is 10.1. The van der Waals surface area contributed by atoms with Gasteiger partial charge in [-0.15, -0.1) is 0 Å². The topological polar surface area (TPSA) is 66.8 Å². The average molecular weight is 279 g/mol. The van der Waals surface area contributed by atoms with Gasteiger partial charge in [-0.25, -0.2) is 0 Å². The molecule has 0 aliphatic rings. The van der Waals surface area contributed by atoms with E-state index in [-0.39, 0.29) is 12.5 Å². The zero-order chi connectivity index (χ0) is 15.0. The third kappa shape index (κ3) is 5.30. The predicted molar refractivity (Wildman–Crippen MR) is 75.8 cm³/mol. The SMILES string of the molecule is CCOc1ccc(CCC(=O)N(CC)CC(=O)O)cc1. The summed E-state index contributed by atoms with van der Waals surface area (Å²) in [6.07, 6.45) is 0.913. The van der Waals surface area contributed by atoms with Crippen molar-refractivity contribution in [3.63, 3.8) is 0 Å². The fourth-order valence-electron chi connectivity index (χ4n) is 1.87. The summed E-state index contributed by atoms with van der Waals surface area (Å²) in [5, 5.41) is 8.72. The molecular weight excluding hydrogens is 258 g/mol. The molecule has 1 aromatic rings. The average Bonchev–Trinajstić information content (AvgIpc) is 2.43. The Bertz CT molecular complexity index is 442. The first-order valence-corrected chi connectivity index (χ1v) is 6.78. The van der Waals surface area contributed by atoms with Crippen molar-refractivity contribution in [2.45, 2.75) is 26.7 Å². The third-order valence-electron chi connectivity index (χ3n) is 2.92. The summed E-state index contributed by atoms with van der Waals surface area (Å²) in [7, 11) is 0. The van der Waals surface area contributed by atoms with E-state index in [9.17, 15) is 9.59 Å². The molecule has 0 unspecified atom stereocenters. The minimum absolute atomic E-state index is 0.135. The molecule has 1 amide bonds. The largest absolute Gasteiger partial charge is 0.494 e. The number of amides is 1. The van der Waals surface area contributed by atoms with E-state index in [2.05, 4.69) is 0 Å². The summed E-state index contributed by atoms with van der Waals surface area (Å²) in [6.45, 7) is 4.50. The fraction of sp³-hybridized carbons (Fsp3) is 0.467. The number of aryl methyl sites for hydroxylation is 1. The first-order valence-electron chi connectivity index (χ1n) is 6.78. The Kier molecular flexibility index (Phi) is 6.56. The van der Waals surface area contributed by atoms with Gasteiger partial charge in [-0.3, -0.25) is 9.59 Å². The van der Waals surface area contributed by atoms with Crippen LogP contribution in [0.15, 0.2) is 24.3 Å². The van der Waals surface area contributed by atoms with Gasteiger partial charge in [0.05, 0.1) is 6.61 Å². The van der Waals surface area contributed by atoms with Crippen LogP contribution in [0.25, 0.3) is 0 Å². The number of aliphatic carboxylic acids is 1. The number of nitrogens with zero attached hydrogens (tertiary/aromatic N) is 1. The minimum atomic E-state index is -0.985. The summed E-state index contributed by atoms with van der Waals surface area (Å²) >= 11 is 0. The van der Waals surface area contributed by atoms with Gasteiger partial charge in [0.2, 0.25) is 5.91 Å². The van der Waals surface area contributed by atoms with Gasteiger partial charge in [-0.1, -0.05) is 12.1 Å². The summed E-state index contributed by atoms with van der Waals surface area (Å²) in [4.78, 5) is 23.9. The van der Waals surface area contributed by atoms with E-state index in [1.807, 2.05) is 31.2 Å². The number of benzene rings is 1. The van der Waals surface area contributed by atoms with Crippen LogP contribution in [-0.4, -0.2) is 41.6 Å². The number of carboxylic acid groups (broad SMARTS) is 1. The smallest absolute Gasteiger partial charge is 0.323 e. The maximum atomic E-state index is 11.9. The highest BCUT2D eigenvalue weighted by Crippen LogP contribution is 2.13. The van der Waals surface area contributed by atoms with Crippen molar-refractivity contribution in [1.82, 2.24) is 4.90 Å². The molecule has 0 atom stereocenters. The molecule has 5 nitrogen and oxygen atoms in total. The zero-order valence-corrected chi connectivity index (χ0v) is 12.0. The number of rotatable bonds is 8. The Morgan fingerprint density at radius 3 is 2.35 bits per heavy atom. The van der Waals surface area contributed by atoms with Crippen molar-refractivity contribution < 1.29 is 19.4 Å². The number of hydrogen-bond acceptors (Lipinski definition) is 3. The number of carbonyl (C=O) groups is 2. The second-order valence-corrected chi connectivity index (χ2v) is 4.38. The molecule has 0 spiro atoms. The highest BCUT2D eigenvalue weighted by Gasteiger charge is 2.14. The van der Waals surface area contributed by atoms with Gasteiger partial charge in [-0.2, -0.15) is 0 Å². The van der Waals surface area contributed by atoms with Crippen LogP contribution in [0.4, 0.5) is 0 Å². The quantitative estimate of drug-likeness (QED) is 0.790. The molecule has 0 aliphatic heterocycles. The lowest BCUT2D eigenvalue weighted by Gasteiger charge is -2.18. The molecule has 0 fully saturated rings. The summed E-state index contributed by atoms with van der Waals surface area (Å²) in [5.41, 5.74) is 1.04. The molecule has 0 aromatic heterocycles. The molecule has 20 heavy (non-hydrogen) atoms. The van der Waals surface area contributed by atoms with Gasteiger partial charge in [0.15, 0.2) is 0 Å². The number of ether oxygens (including phenoxy) is 1. The van der Waals surface area contributed by atoms with Crippen LogP contribution >= 0.6 is 0 Å². The number of likely N-dealkylation sites (N-methyl/N-ethyl adjacent to an activating group) is 1. The molecule has 110 valence electrons. The highest BCUT2D eigenvalue weighted by molar-refractivity contribution is 5.81. The van der Waals surface area contributed by atoms with Crippen molar-refractivity contribution in [2.24, 2.45) is 0 Å². The Morgan fingerprint density at radius 1 is 1.20 bits per heavy atom. The van der Waals surface area contributed by atoms with Gasteiger partial charge in [0.1, 0.15) is 12.3 Å². The van der Waals surface area contributed by atoms with E-state index in [1.54, 1.807) is 6.92 Å². The molecule has 0 saturated heterocycles. The number of carboxylic acids is 1. The molecule has 0 saturated carbocycles. The van der Waals surface area contributed by atoms with Crippen molar-refractivity contribution >= 4 is 11.9 Å². The van der Waals surface area contributed by atoms with Crippen LogP contribution < -0.4 is 4.74 Å². The van der Waals surface area contributed by atoms with Gasteiger partial charge in [-0.05, 0) is 38.0 Å². The standard InChI is InChI=1S/C15H21NO4/c1-3-16(11-15(18)19)14(17)10-7-12-5-8-13(9-6-12)20-4-2/h5-6,8-9H,3-4,7,10-11H2,1-2H3,(H,18,19). The van der Waals surface area contributed by atoms with Crippen LogP contribution in [0.3, 0.4) is 0 Å². The molecule has 1 rings (SSSR count). The first-order chi connectivity index (χ1) is 9.56. The monoisotopic (exact) mass is 279 g/mol. The molecule has 0 aliphatic carbocycles. The lowest BCUT2D eigenvalue weighted by molar-refractivity contribution is -0.144. The Balaban J connectivity index is 2.48. The van der Waals surface area contributed by atoms with E-state index in [4.69, 9.17) is 9.84 Å². The van der Waals surface area contributed by atoms with Gasteiger partial charge in [0.25, 0.3) is 0 Å². The molecular formula is C15H21NO4. The molecule has 1 N–H and O–H groups in total. The molecule has 0 heterocycles. The van der Waals surface area contributed by atoms with Gasteiger partial charge >= 0.3 is 5.97 Å². The zero-order valence-electron chi connectivity index (χ0n) is 12.0. The second-order valence-electron chi connectivity index (χ2n) is 4.38. The third-order valence-corrected chi connectivity index (χ3v) is 2.92. The maximum Gasteiger partial charge on any atom is 0.323 e. The lowest BCUT2D eigenvalue weighted by atomic mass is 10.1. The van der Waals surface area contributed by atoms with Crippen molar-refractivity contribution in [1.29, 1.82) is 0 Å². The Morgan fingerprint density at radius 2 is 1.85 bits per heavy atom. The summed E-state index contributed by atoms with van der Waals surface area (Å²) in [6, 6.07) is 7.59. The molecule has 0 bridgehead atoms. The van der Waals surface area contributed by atoms with E-state index >= 15 is 0 Å². The lowest BCUT2D eigenvalue weighted by Crippen LogP contribution is -2.35. The van der Waals surface area contributed by atoms with Crippen molar-refractivity contribution in [2.75, 3.05) is 19.7 Å². The van der Waals surface area contributed by atoms with Crippen molar-refractivity contribution in [3.05, 3.63) is 29.8 Å². The Labute approximate surface area is 119 Å².